The molecule has 1 aliphatic rings. The first-order valence-corrected chi connectivity index (χ1v) is 8.95. The van der Waals surface area contributed by atoms with Gasteiger partial charge in [-0.3, -0.25) is 4.79 Å². The van der Waals surface area contributed by atoms with Gasteiger partial charge in [-0.25, -0.2) is 13.6 Å². The summed E-state index contributed by atoms with van der Waals surface area (Å²) in [5, 5.41) is -0.679. The van der Waals surface area contributed by atoms with Crippen LogP contribution in [-0.4, -0.2) is 31.6 Å². The van der Waals surface area contributed by atoms with Gasteiger partial charge in [0.25, 0.3) is 0 Å². The number of esters is 1. The fourth-order valence-corrected chi connectivity index (χ4v) is 3.02. The van der Waals surface area contributed by atoms with E-state index >= 15 is 0 Å². The standard InChI is InChI=1S/C15H10F5NO6S/c1-26-14(23)8-5-21(6-2-3-6)11-7(12(8)22)4-9(16)13(10(11)17)27-28(24,25)15(18,19)20/h4-6H,2-3H2,1H3. The van der Waals surface area contributed by atoms with Crippen molar-refractivity contribution in [1.82, 2.24) is 4.57 Å². The normalized spacial score (nSPS) is 14.9. The van der Waals surface area contributed by atoms with E-state index < -0.39 is 66.9 Å². The Morgan fingerprint density at radius 1 is 1.25 bits per heavy atom. The summed E-state index contributed by atoms with van der Waals surface area (Å²) in [7, 11) is -5.38. The third kappa shape index (κ3) is 3.19. The fourth-order valence-electron chi connectivity index (χ4n) is 2.55. The summed E-state index contributed by atoms with van der Waals surface area (Å²) in [5.41, 5.74) is -8.29. The molecule has 0 bridgehead atoms. The first kappa shape index (κ1) is 20.0. The van der Waals surface area contributed by atoms with E-state index in [1.165, 1.54) is 0 Å². The number of halogens is 5. The molecule has 0 amide bonds. The zero-order valence-electron chi connectivity index (χ0n) is 13.8. The Kier molecular flexibility index (Phi) is 4.60. The summed E-state index contributed by atoms with van der Waals surface area (Å²) in [6, 6.07) is -0.119. The third-order valence-electron chi connectivity index (χ3n) is 3.99. The molecule has 0 unspecified atom stereocenters. The molecular formula is C15H10F5NO6S. The molecule has 0 aliphatic heterocycles. The molecule has 152 valence electrons. The lowest BCUT2D eigenvalue weighted by molar-refractivity contribution is -0.0501. The Morgan fingerprint density at radius 2 is 1.86 bits per heavy atom. The molecule has 1 aromatic heterocycles. The molecule has 13 heteroatoms. The van der Waals surface area contributed by atoms with Gasteiger partial charge >= 0.3 is 21.6 Å². The lowest BCUT2D eigenvalue weighted by Gasteiger charge is -2.16. The van der Waals surface area contributed by atoms with E-state index in [0.29, 0.717) is 18.9 Å². The van der Waals surface area contributed by atoms with Crippen LogP contribution < -0.4 is 9.61 Å². The van der Waals surface area contributed by atoms with Crippen molar-refractivity contribution in [2.45, 2.75) is 24.4 Å². The first-order valence-electron chi connectivity index (χ1n) is 7.55. The summed E-state index contributed by atoms with van der Waals surface area (Å²) in [4.78, 5) is 24.2. The van der Waals surface area contributed by atoms with Crippen molar-refractivity contribution in [3.05, 3.63) is 39.7 Å². The highest BCUT2D eigenvalue weighted by Crippen LogP contribution is 2.40. The smallest absolute Gasteiger partial charge is 0.465 e. The van der Waals surface area contributed by atoms with E-state index in [4.69, 9.17) is 0 Å². The fraction of sp³-hybridized carbons (Fsp3) is 0.333. The van der Waals surface area contributed by atoms with Crippen molar-refractivity contribution in [3.63, 3.8) is 0 Å². The number of fused-ring (bicyclic) bond motifs is 1. The van der Waals surface area contributed by atoms with Crippen LogP contribution in [0.4, 0.5) is 22.0 Å². The zero-order valence-corrected chi connectivity index (χ0v) is 14.7. The molecule has 7 nitrogen and oxygen atoms in total. The van der Waals surface area contributed by atoms with E-state index in [-0.39, 0.29) is 0 Å². The Labute approximate surface area is 153 Å². The van der Waals surface area contributed by atoms with Gasteiger partial charge in [-0.05, 0) is 18.9 Å². The highest BCUT2D eigenvalue weighted by molar-refractivity contribution is 7.88. The summed E-state index contributed by atoms with van der Waals surface area (Å²) in [6.45, 7) is 0. The molecule has 3 rings (SSSR count). The maximum Gasteiger partial charge on any atom is 0.534 e. The first-order chi connectivity index (χ1) is 12.9. The molecule has 0 spiro atoms. The van der Waals surface area contributed by atoms with Gasteiger partial charge in [-0.15, -0.1) is 0 Å². The van der Waals surface area contributed by atoms with Gasteiger partial charge in [0, 0.05) is 12.2 Å². The second-order valence-corrected chi connectivity index (χ2v) is 7.42. The van der Waals surface area contributed by atoms with Crippen LogP contribution in [-0.2, 0) is 14.9 Å². The van der Waals surface area contributed by atoms with Gasteiger partial charge in [0.2, 0.25) is 11.2 Å². The third-order valence-corrected chi connectivity index (χ3v) is 4.94. The van der Waals surface area contributed by atoms with Crippen molar-refractivity contribution < 1.29 is 44.1 Å². The quantitative estimate of drug-likeness (QED) is 0.323. The molecular weight excluding hydrogens is 417 g/mol. The molecule has 1 aromatic carbocycles. The predicted octanol–water partition coefficient (Wildman–Crippen LogP) is 2.63. The van der Waals surface area contributed by atoms with Crippen molar-refractivity contribution in [1.29, 1.82) is 0 Å². The van der Waals surface area contributed by atoms with Crippen LogP contribution in [0.5, 0.6) is 5.75 Å². The molecule has 0 saturated heterocycles. The summed E-state index contributed by atoms with van der Waals surface area (Å²) in [6.07, 6.45) is 1.88. The monoisotopic (exact) mass is 427 g/mol. The minimum absolute atomic E-state index is 0.313. The predicted molar refractivity (Wildman–Crippen MR) is 83.3 cm³/mol. The number of aromatic nitrogens is 1. The lowest BCUT2D eigenvalue weighted by Crippen LogP contribution is -2.29. The number of hydrogen-bond acceptors (Lipinski definition) is 6. The molecule has 1 aliphatic carbocycles. The lowest BCUT2D eigenvalue weighted by atomic mass is 10.1. The van der Waals surface area contributed by atoms with Crippen LogP contribution in [0.15, 0.2) is 17.1 Å². The molecule has 0 N–H and O–H groups in total. The number of methoxy groups -OCH3 is 1. The van der Waals surface area contributed by atoms with Crippen LogP contribution in [0.1, 0.15) is 29.2 Å². The minimum Gasteiger partial charge on any atom is -0.465 e. The molecule has 1 heterocycles. The number of pyridine rings is 1. The molecule has 2 aromatic rings. The second kappa shape index (κ2) is 6.43. The number of carbonyl (C=O) groups is 1. The Hall–Kier alpha value is -2.70. The zero-order chi connectivity index (χ0) is 21.0. The van der Waals surface area contributed by atoms with Gasteiger partial charge in [-0.2, -0.15) is 21.6 Å². The number of ether oxygens (including phenoxy) is 1. The average Bonchev–Trinajstić information content (AvgIpc) is 3.42. The van der Waals surface area contributed by atoms with Gasteiger partial charge in [0.1, 0.15) is 5.56 Å². The number of nitrogens with zero attached hydrogens (tertiary/aromatic N) is 1. The number of benzene rings is 1. The van der Waals surface area contributed by atoms with Gasteiger partial charge < -0.3 is 13.5 Å². The largest absolute Gasteiger partial charge is 0.534 e. The van der Waals surface area contributed by atoms with E-state index in [1.807, 2.05) is 0 Å². The van der Waals surface area contributed by atoms with E-state index in [2.05, 4.69) is 8.92 Å². The maximum absolute atomic E-state index is 14.8. The second-order valence-electron chi connectivity index (χ2n) is 5.88. The SMILES string of the molecule is COC(=O)c1cn(C2CC2)c2c(F)c(OS(=O)(=O)C(F)(F)F)c(F)cc2c1=O. The van der Waals surface area contributed by atoms with E-state index in [9.17, 15) is 40.0 Å². The number of rotatable bonds is 4. The van der Waals surface area contributed by atoms with Crippen LogP contribution >= 0.6 is 0 Å². The van der Waals surface area contributed by atoms with Crippen molar-refractivity contribution >= 4 is 27.0 Å². The number of hydrogen-bond donors (Lipinski definition) is 0. The van der Waals surface area contributed by atoms with Gasteiger partial charge in [-0.1, -0.05) is 0 Å². The topological polar surface area (TPSA) is 91.7 Å². The van der Waals surface area contributed by atoms with Crippen LogP contribution in [0, 0.1) is 11.6 Å². The highest BCUT2D eigenvalue weighted by Gasteiger charge is 2.49. The number of alkyl halides is 3. The maximum atomic E-state index is 14.8. The molecule has 1 fully saturated rings. The van der Waals surface area contributed by atoms with Crippen molar-refractivity contribution in [2.24, 2.45) is 0 Å². The number of carbonyl (C=O) groups excluding carboxylic acids is 1. The van der Waals surface area contributed by atoms with Crippen LogP contribution in [0.2, 0.25) is 0 Å². The average molecular weight is 427 g/mol. The Bertz CT molecular complexity index is 1150. The van der Waals surface area contributed by atoms with E-state index in [1.54, 1.807) is 0 Å². The summed E-state index contributed by atoms with van der Waals surface area (Å²) >= 11 is 0. The minimum atomic E-state index is -6.36. The van der Waals surface area contributed by atoms with Crippen molar-refractivity contribution in [2.75, 3.05) is 7.11 Å². The summed E-state index contributed by atoms with van der Waals surface area (Å²) < 4.78 is 97.9. The highest BCUT2D eigenvalue weighted by atomic mass is 32.2. The van der Waals surface area contributed by atoms with Gasteiger partial charge in [0.05, 0.1) is 18.0 Å². The Morgan fingerprint density at radius 3 is 2.36 bits per heavy atom. The van der Waals surface area contributed by atoms with E-state index in [0.717, 1.165) is 17.9 Å². The molecule has 28 heavy (non-hydrogen) atoms. The van der Waals surface area contributed by atoms with Crippen molar-refractivity contribution in [3.8, 4) is 5.75 Å². The van der Waals surface area contributed by atoms with Crippen LogP contribution in [0.25, 0.3) is 10.9 Å². The molecule has 0 radical (unpaired) electrons. The molecule has 1 saturated carbocycles. The Balaban J connectivity index is 2.33. The van der Waals surface area contributed by atoms with Crippen LogP contribution in [0.3, 0.4) is 0 Å². The summed E-state index contributed by atoms with van der Waals surface area (Å²) in [5.74, 6) is -6.59. The van der Waals surface area contributed by atoms with Gasteiger partial charge in [0.15, 0.2) is 11.6 Å². The molecule has 0 atom stereocenters.